The Hall–Kier alpha value is -0.130. The minimum atomic E-state index is -3.83. The molecule has 5 heteroatoms. The molecule has 17 heavy (non-hydrogen) atoms. The number of hydrogen-bond donors (Lipinski definition) is 0. The van der Waals surface area contributed by atoms with Crippen molar-refractivity contribution in [3.05, 3.63) is 0 Å². The van der Waals surface area contributed by atoms with E-state index in [1.165, 1.54) is 25.7 Å². The molecule has 0 amide bonds. The third-order valence-corrected chi connectivity index (χ3v) is 3.73. The van der Waals surface area contributed by atoms with Gasteiger partial charge in [0.25, 0.3) is 0 Å². The van der Waals surface area contributed by atoms with E-state index in [1.807, 2.05) is 0 Å². The molecule has 104 valence electrons. The van der Waals surface area contributed by atoms with E-state index in [0.717, 1.165) is 26.4 Å². The summed E-state index contributed by atoms with van der Waals surface area (Å²) < 4.78 is 31.5. The summed E-state index contributed by atoms with van der Waals surface area (Å²) in [5.41, 5.74) is -0.681. The summed E-state index contributed by atoms with van der Waals surface area (Å²) in [7, 11) is -2.72. The van der Waals surface area contributed by atoms with Crippen molar-refractivity contribution in [2.75, 3.05) is 7.11 Å². The lowest BCUT2D eigenvalue weighted by atomic mass is 10.00. The van der Waals surface area contributed by atoms with Crippen LogP contribution in [0.25, 0.3) is 0 Å². The predicted molar refractivity (Wildman–Crippen MR) is 69.1 cm³/mol. The van der Waals surface area contributed by atoms with E-state index in [1.54, 1.807) is 13.8 Å². The number of rotatable bonds is 10. The molecule has 0 aliphatic heterocycles. The molecule has 0 aromatic heterocycles. The van der Waals surface area contributed by atoms with Gasteiger partial charge in [-0.05, 0) is 20.3 Å². The van der Waals surface area contributed by atoms with Crippen molar-refractivity contribution in [1.82, 2.24) is 0 Å². The maximum Gasteiger partial charge on any atom is 0.400 e. The van der Waals surface area contributed by atoms with Crippen molar-refractivity contribution < 1.29 is 16.8 Å². The molecule has 0 fully saturated rings. The van der Waals surface area contributed by atoms with Gasteiger partial charge in [0.15, 0.2) is 0 Å². The highest BCUT2D eigenvalue weighted by Gasteiger charge is 2.26. The van der Waals surface area contributed by atoms with E-state index in [9.17, 15) is 8.42 Å². The SMILES string of the molecule is CCCCCCCCC(C)(C)OS(=O)(=O)OC. The van der Waals surface area contributed by atoms with Gasteiger partial charge in [-0.1, -0.05) is 45.4 Å². The molecule has 0 saturated carbocycles. The fourth-order valence-electron chi connectivity index (χ4n) is 1.68. The molecule has 0 atom stereocenters. The van der Waals surface area contributed by atoms with Gasteiger partial charge in [0.2, 0.25) is 0 Å². The third kappa shape index (κ3) is 9.56. The van der Waals surface area contributed by atoms with Gasteiger partial charge in [-0.25, -0.2) is 4.18 Å². The molecule has 0 aliphatic rings. The minimum absolute atomic E-state index is 0.681. The van der Waals surface area contributed by atoms with Gasteiger partial charge in [0.05, 0.1) is 12.7 Å². The molecule has 0 aromatic carbocycles. The van der Waals surface area contributed by atoms with Gasteiger partial charge in [-0.15, -0.1) is 0 Å². The van der Waals surface area contributed by atoms with Crippen LogP contribution in [0.3, 0.4) is 0 Å². The Kier molecular flexibility index (Phi) is 8.00. The lowest BCUT2D eigenvalue weighted by Gasteiger charge is -2.23. The molecule has 0 bridgehead atoms. The summed E-state index contributed by atoms with van der Waals surface area (Å²) in [6.07, 6.45) is 7.81. The van der Waals surface area contributed by atoms with Crippen molar-refractivity contribution in [2.24, 2.45) is 0 Å². The summed E-state index contributed by atoms with van der Waals surface area (Å²) in [5, 5.41) is 0. The molecule has 0 aliphatic carbocycles. The molecule has 0 N–H and O–H groups in total. The average Bonchev–Trinajstić information content (AvgIpc) is 2.22. The normalized spacial score (nSPS) is 12.9. The largest absolute Gasteiger partial charge is 0.400 e. The zero-order chi connectivity index (χ0) is 13.4. The first-order valence-corrected chi connectivity index (χ1v) is 7.67. The van der Waals surface area contributed by atoms with Crippen LogP contribution >= 0.6 is 0 Å². The third-order valence-electron chi connectivity index (χ3n) is 2.66. The van der Waals surface area contributed by atoms with Crippen LogP contribution in [-0.4, -0.2) is 21.1 Å². The Morgan fingerprint density at radius 2 is 1.53 bits per heavy atom. The van der Waals surface area contributed by atoms with Gasteiger partial charge >= 0.3 is 10.4 Å². The fraction of sp³-hybridized carbons (Fsp3) is 1.00. The highest BCUT2D eigenvalue weighted by molar-refractivity contribution is 7.81. The van der Waals surface area contributed by atoms with Crippen LogP contribution in [0.15, 0.2) is 0 Å². The number of unbranched alkanes of at least 4 members (excludes halogenated alkanes) is 5. The van der Waals surface area contributed by atoms with Gasteiger partial charge in [-0.3, -0.25) is 4.18 Å². The molecule has 0 rings (SSSR count). The maximum atomic E-state index is 11.1. The summed E-state index contributed by atoms with van der Waals surface area (Å²) >= 11 is 0. The quantitative estimate of drug-likeness (QED) is 0.568. The van der Waals surface area contributed by atoms with Crippen molar-refractivity contribution in [1.29, 1.82) is 0 Å². The van der Waals surface area contributed by atoms with Crippen LogP contribution in [-0.2, 0) is 18.8 Å². The van der Waals surface area contributed by atoms with E-state index in [4.69, 9.17) is 4.18 Å². The van der Waals surface area contributed by atoms with Crippen molar-refractivity contribution in [3.63, 3.8) is 0 Å². The highest BCUT2D eigenvalue weighted by Crippen LogP contribution is 2.22. The van der Waals surface area contributed by atoms with Crippen LogP contribution in [0, 0.1) is 0 Å². The molecular formula is C12H26O4S. The van der Waals surface area contributed by atoms with Crippen molar-refractivity contribution in [2.45, 2.75) is 71.3 Å². The van der Waals surface area contributed by atoms with Crippen LogP contribution in [0.2, 0.25) is 0 Å². The molecule has 0 heterocycles. The predicted octanol–water partition coefficient (Wildman–Crippen LogP) is 3.42. The Morgan fingerprint density at radius 3 is 2.06 bits per heavy atom. The smallest absolute Gasteiger partial charge is 0.252 e. The summed E-state index contributed by atoms with van der Waals surface area (Å²) in [6, 6.07) is 0. The Labute approximate surface area is 106 Å². The average molecular weight is 266 g/mol. The first kappa shape index (κ1) is 16.9. The van der Waals surface area contributed by atoms with Gasteiger partial charge in [-0.2, -0.15) is 8.42 Å². The van der Waals surface area contributed by atoms with Crippen LogP contribution < -0.4 is 0 Å². The zero-order valence-corrected chi connectivity index (χ0v) is 12.3. The highest BCUT2D eigenvalue weighted by atomic mass is 32.3. The second kappa shape index (κ2) is 8.06. The molecule has 0 saturated heterocycles. The Bertz CT molecular complexity index is 283. The van der Waals surface area contributed by atoms with E-state index in [0.29, 0.717) is 0 Å². The summed E-state index contributed by atoms with van der Waals surface area (Å²) in [4.78, 5) is 0. The summed E-state index contributed by atoms with van der Waals surface area (Å²) in [5.74, 6) is 0. The van der Waals surface area contributed by atoms with Gasteiger partial charge in [0.1, 0.15) is 0 Å². The first-order valence-electron chi connectivity index (χ1n) is 6.34. The maximum absolute atomic E-state index is 11.1. The molecule has 0 radical (unpaired) electrons. The van der Waals surface area contributed by atoms with Crippen LogP contribution in [0.4, 0.5) is 0 Å². The minimum Gasteiger partial charge on any atom is -0.252 e. The van der Waals surface area contributed by atoms with E-state index in [-0.39, 0.29) is 0 Å². The summed E-state index contributed by atoms with van der Waals surface area (Å²) in [6.45, 7) is 5.73. The Balaban J connectivity index is 3.79. The van der Waals surface area contributed by atoms with E-state index < -0.39 is 16.0 Å². The monoisotopic (exact) mass is 266 g/mol. The van der Waals surface area contributed by atoms with Crippen molar-refractivity contribution >= 4 is 10.4 Å². The van der Waals surface area contributed by atoms with Crippen molar-refractivity contribution in [3.8, 4) is 0 Å². The second-order valence-electron chi connectivity index (χ2n) is 4.94. The topological polar surface area (TPSA) is 52.6 Å². The molecule has 0 spiro atoms. The van der Waals surface area contributed by atoms with E-state index in [2.05, 4.69) is 11.1 Å². The standard InChI is InChI=1S/C12H26O4S/c1-5-6-7-8-9-10-11-12(2,3)16-17(13,14)15-4/h5-11H2,1-4H3. The molecule has 4 nitrogen and oxygen atoms in total. The number of hydrogen-bond acceptors (Lipinski definition) is 4. The molecule has 0 unspecified atom stereocenters. The zero-order valence-electron chi connectivity index (χ0n) is 11.5. The van der Waals surface area contributed by atoms with Crippen LogP contribution in [0.5, 0.6) is 0 Å². The lowest BCUT2D eigenvalue weighted by molar-refractivity contribution is 0.0820. The molecule has 0 aromatic rings. The van der Waals surface area contributed by atoms with Crippen LogP contribution in [0.1, 0.15) is 65.7 Å². The Morgan fingerprint density at radius 1 is 1.00 bits per heavy atom. The lowest BCUT2D eigenvalue weighted by Crippen LogP contribution is -2.28. The van der Waals surface area contributed by atoms with Gasteiger partial charge in [0, 0.05) is 0 Å². The molecular weight excluding hydrogens is 240 g/mol. The van der Waals surface area contributed by atoms with Gasteiger partial charge < -0.3 is 0 Å². The van der Waals surface area contributed by atoms with E-state index >= 15 is 0 Å². The first-order chi connectivity index (χ1) is 7.83. The second-order valence-corrected chi connectivity index (χ2v) is 6.25. The fourth-order valence-corrected chi connectivity index (χ4v) is 2.39.